The van der Waals surface area contributed by atoms with Gasteiger partial charge in [0.1, 0.15) is 0 Å². The van der Waals surface area contributed by atoms with Crippen LogP contribution in [0.25, 0.3) is 0 Å². The molecule has 0 spiro atoms. The zero-order chi connectivity index (χ0) is 7.56. The van der Waals surface area contributed by atoms with Crippen molar-refractivity contribution in [1.29, 1.82) is 0 Å². The third kappa shape index (κ3) is 1.84. The van der Waals surface area contributed by atoms with Crippen LogP contribution in [0.3, 0.4) is 0 Å². The number of hydrogen-bond acceptors (Lipinski definition) is 1. The molecule has 1 aliphatic rings. The number of nitrogens with one attached hydrogen (secondary N) is 1. The summed E-state index contributed by atoms with van der Waals surface area (Å²) in [5.74, 6) is 0.807. The van der Waals surface area contributed by atoms with E-state index >= 15 is 0 Å². The van der Waals surface area contributed by atoms with Crippen molar-refractivity contribution in [2.24, 2.45) is 11.7 Å². The van der Waals surface area contributed by atoms with Gasteiger partial charge in [0.2, 0.25) is 0 Å². The van der Waals surface area contributed by atoms with Gasteiger partial charge in [0.15, 0.2) is 5.11 Å². The van der Waals surface area contributed by atoms with Gasteiger partial charge >= 0.3 is 0 Å². The Bertz CT molecular complexity index is 132. The van der Waals surface area contributed by atoms with Crippen LogP contribution in [0.2, 0.25) is 0 Å². The predicted octanol–water partition coefficient (Wildman–Crippen LogP) is 1.01. The lowest BCUT2D eigenvalue weighted by Crippen LogP contribution is -2.43. The lowest BCUT2D eigenvalue weighted by molar-refractivity contribution is 0.259. The van der Waals surface area contributed by atoms with E-state index in [9.17, 15) is 0 Å². The normalized spacial score (nSPS) is 21.3. The van der Waals surface area contributed by atoms with Crippen LogP contribution in [0.1, 0.15) is 26.2 Å². The average molecular weight is 158 g/mol. The molecule has 1 atom stereocenters. The molecule has 0 amide bonds. The number of thiocarbonyl (C=S) groups is 1. The summed E-state index contributed by atoms with van der Waals surface area (Å²) in [7, 11) is 0. The van der Waals surface area contributed by atoms with Gasteiger partial charge in [0, 0.05) is 6.04 Å². The maximum atomic E-state index is 5.33. The van der Waals surface area contributed by atoms with Gasteiger partial charge in [-0.25, -0.2) is 0 Å². The second-order valence-corrected chi connectivity index (χ2v) is 3.43. The zero-order valence-electron chi connectivity index (χ0n) is 6.26. The van der Waals surface area contributed by atoms with Gasteiger partial charge in [0.25, 0.3) is 0 Å². The molecule has 0 bridgehead atoms. The van der Waals surface area contributed by atoms with Crippen molar-refractivity contribution >= 4 is 17.3 Å². The average Bonchev–Trinajstić information content (AvgIpc) is 1.55. The molecular weight excluding hydrogens is 144 g/mol. The lowest BCUT2D eigenvalue weighted by atomic mass is 9.80. The first kappa shape index (κ1) is 7.79. The highest BCUT2D eigenvalue weighted by Gasteiger charge is 2.23. The summed E-state index contributed by atoms with van der Waals surface area (Å²) in [6.45, 7) is 2.14. The maximum Gasteiger partial charge on any atom is 0.163 e. The van der Waals surface area contributed by atoms with Crippen LogP contribution in [0, 0.1) is 5.92 Å². The van der Waals surface area contributed by atoms with Crippen LogP contribution in [-0.4, -0.2) is 11.2 Å². The van der Waals surface area contributed by atoms with E-state index in [0.717, 1.165) is 5.92 Å². The Hall–Kier alpha value is -0.310. The summed E-state index contributed by atoms with van der Waals surface area (Å²) in [6, 6.07) is 0.478. The van der Waals surface area contributed by atoms with E-state index < -0.39 is 0 Å². The largest absolute Gasteiger partial charge is 0.376 e. The van der Waals surface area contributed by atoms with Crippen LogP contribution in [0.4, 0.5) is 0 Å². The van der Waals surface area contributed by atoms with Crippen molar-refractivity contribution < 1.29 is 0 Å². The Morgan fingerprint density at radius 1 is 1.70 bits per heavy atom. The molecule has 1 unspecified atom stereocenters. The van der Waals surface area contributed by atoms with Gasteiger partial charge in [0.05, 0.1) is 0 Å². The number of nitrogens with two attached hydrogens (primary N) is 1. The highest BCUT2D eigenvalue weighted by molar-refractivity contribution is 7.80. The summed E-state index contributed by atoms with van der Waals surface area (Å²) >= 11 is 4.73. The fourth-order valence-electron chi connectivity index (χ4n) is 1.28. The fraction of sp³-hybridized carbons (Fsp3) is 0.857. The van der Waals surface area contributed by atoms with E-state index in [1.54, 1.807) is 0 Å². The first-order valence-electron chi connectivity index (χ1n) is 3.76. The Balaban J connectivity index is 2.19. The van der Waals surface area contributed by atoms with Gasteiger partial charge in [-0.2, -0.15) is 0 Å². The fourth-order valence-corrected chi connectivity index (χ4v) is 1.47. The SMILES string of the molecule is CC(NC(N)=S)C1CCC1. The van der Waals surface area contributed by atoms with E-state index in [4.69, 9.17) is 18.0 Å². The van der Waals surface area contributed by atoms with E-state index in [1.165, 1.54) is 19.3 Å². The van der Waals surface area contributed by atoms with Crippen molar-refractivity contribution in [2.75, 3.05) is 0 Å². The van der Waals surface area contributed by atoms with Gasteiger partial charge in [-0.1, -0.05) is 6.42 Å². The smallest absolute Gasteiger partial charge is 0.163 e. The highest BCUT2D eigenvalue weighted by Crippen LogP contribution is 2.29. The maximum absolute atomic E-state index is 5.33. The van der Waals surface area contributed by atoms with E-state index in [1.807, 2.05) is 0 Å². The quantitative estimate of drug-likeness (QED) is 0.589. The minimum Gasteiger partial charge on any atom is -0.376 e. The molecule has 0 radical (unpaired) electrons. The van der Waals surface area contributed by atoms with Crippen LogP contribution < -0.4 is 11.1 Å². The molecule has 0 aromatic heterocycles. The molecule has 0 saturated heterocycles. The Labute approximate surface area is 67.2 Å². The van der Waals surface area contributed by atoms with Crippen LogP contribution in [0.15, 0.2) is 0 Å². The summed E-state index contributed by atoms with van der Waals surface area (Å²) < 4.78 is 0. The minimum absolute atomic E-state index is 0.430. The van der Waals surface area contributed by atoms with E-state index in [2.05, 4.69) is 12.2 Å². The molecule has 3 heteroatoms. The highest BCUT2D eigenvalue weighted by atomic mass is 32.1. The van der Waals surface area contributed by atoms with Crippen LogP contribution in [0.5, 0.6) is 0 Å². The topological polar surface area (TPSA) is 38.0 Å². The molecule has 1 fully saturated rings. The standard InChI is InChI=1S/C7H14N2S/c1-5(9-7(8)10)6-3-2-4-6/h5-6H,2-4H2,1H3,(H3,8,9,10). The third-order valence-electron chi connectivity index (χ3n) is 2.23. The molecule has 58 valence electrons. The molecule has 0 heterocycles. The molecule has 0 aliphatic heterocycles. The second kappa shape index (κ2) is 3.19. The first-order valence-corrected chi connectivity index (χ1v) is 4.17. The van der Waals surface area contributed by atoms with Crippen molar-refractivity contribution in [3.8, 4) is 0 Å². The lowest BCUT2D eigenvalue weighted by Gasteiger charge is -2.31. The zero-order valence-corrected chi connectivity index (χ0v) is 7.08. The van der Waals surface area contributed by atoms with Gasteiger partial charge < -0.3 is 11.1 Å². The van der Waals surface area contributed by atoms with Crippen LogP contribution in [-0.2, 0) is 0 Å². The summed E-state index contributed by atoms with van der Waals surface area (Å²) in [4.78, 5) is 0. The summed E-state index contributed by atoms with van der Waals surface area (Å²) in [5, 5.41) is 3.48. The molecule has 1 aliphatic carbocycles. The molecule has 3 N–H and O–H groups in total. The van der Waals surface area contributed by atoms with Gasteiger partial charge in [-0.15, -0.1) is 0 Å². The third-order valence-corrected chi connectivity index (χ3v) is 2.34. The Morgan fingerprint density at radius 2 is 2.30 bits per heavy atom. The molecule has 1 saturated carbocycles. The Morgan fingerprint density at radius 3 is 2.60 bits per heavy atom. The van der Waals surface area contributed by atoms with E-state index in [-0.39, 0.29) is 0 Å². The summed E-state index contributed by atoms with van der Waals surface area (Å²) in [6.07, 6.45) is 4.03. The molecule has 10 heavy (non-hydrogen) atoms. The molecule has 0 aromatic carbocycles. The summed E-state index contributed by atoms with van der Waals surface area (Å²) in [5.41, 5.74) is 5.33. The Kier molecular flexibility index (Phi) is 2.49. The van der Waals surface area contributed by atoms with Gasteiger partial charge in [-0.05, 0) is 37.9 Å². The number of rotatable bonds is 2. The van der Waals surface area contributed by atoms with Gasteiger partial charge in [-0.3, -0.25) is 0 Å². The van der Waals surface area contributed by atoms with Crippen molar-refractivity contribution in [1.82, 2.24) is 5.32 Å². The molecular formula is C7H14N2S. The molecule has 0 aromatic rings. The monoisotopic (exact) mass is 158 g/mol. The van der Waals surface area contributed by atoms with Crippen molar-refractivity contribution in [3.63, 3.8) is 0 Å². The molecule has 2 nitrogen and oxygen atoms in total. The van der Waals surface area contributed by atoms with Crippen molar-refractivity contribution in [3.05, 3.63) is 0 Å². The van der Waals surface area contributed by atoms with Crippen molar-refractivity contribution in [2.45, 2.75) is 32.2 Å². The first-order chi connectivity index (χ1) is 4.70. The predicted molar refractivity (Wildman–Crippen MR) is 46.7 cm³/mol. The number of hydrogen-bond donors (Lipinski definition) is 2. The van der Waals surface area contributed by atoms with Crippen LogP contribution >= 0.6 is 12.2 Å². The van der Waals surface area contributed by atoms with E-state index in [0.29, 0.717) is 11.2 Å². The minimum atomic E-state index is 0.430. The second-order valence-electron chi connectivity index (χ2n) is 2.99. The molecule has 1 rings (SSSR count).